The molecule has 1 saturated heterocycles. The maximum Gasteiger partial charge on any atom is 0.0220 e. The molecule has 0 bridgehead atoms. The van der Waals surface area contributed by atoms with E-state index in [9.17, 15) is 0 Å². The van der Waals surface area contributed by atoms with Crippen LogP contribution in [0.25, 0.3) is 0 Å². The molecule has 120 valence electrons. The minimum Gasteiger partial charge on any atom is -0.302 e. The predicted octanol–water partition coefficient (Wildman–Crippen LogP) is 4.61. The molecule has 0 saturated carbocycles. The van der Waals surface area contributed by atoms with Gasteiger partial charge in [-0.25, -0.2) is 0 Å². The van der Waals surface area contributed by atoms with E-state index in [2.05, 4.69) is 65.3 Å². The van der Waals surface area contributed by atoms with E-state index in [1.54, 1.807) is 0 Å². The maximum atomic E-state index is 3.34. The van der Waals surface area contributed by atoms with E-state index in [-0.39, 0.29) is 0 Å². The molecule has 0 N–H and O–H groups in total. The van der Waals surface area contributed by atoms with Crippen LogP contribution in [0, 0.1) is 17.8 Å². The topological polar surface area (TPSA) is 3.24 Å². The third-order valence-electron chi connectivity index (χ3n) is 4.86. The van der Waals surface area contributed by atoms with E-state index in [1.807, 2.05) is 0 Å². The zero-order valence-electron chi connectivity index (χ0n) is 14.0. The molecule has 1 heterocycles. The van der Waals surface area contributed by atoms with Crippen molar-refractivity contribution in [1.82, 2.24) is 4.90 Å². The number of benzene rings is 1. The van der Waals surface area contributed by atoms with Crippen LogP contribution in [0.15, 0.2) is 54.1 Å². The highest BCUT2D eigenvalue weighted by Crippen LogP contribution is 2.21. The summed E-state index contributed by atoms with van der Waals surface area (Å²) in [5.41, 5.74) is 2.70. The number of rotatable bonds is 4. The summed E-state index contributed by atoms with van der Waals surface area (Å²) in [6.45, 7) is 3.60. The van der Waals surface area contributed by atoms with Gasteiger partial charge < -0.3 is 4.90 Å². The molecule has 1 heteroatoms. The summed E-state index contributed by atoms with van der Waals surface area (Å²) >= 11 is 0. The molecule has 1 aromatic rings. The molecule has 23 heavy (non-hydrogen) atoms. The molecule has 0 radical (unpaired) electrons. The van der Waals surface area contributed by atoms with Crippen LogP contribution >= 0.6 is 0 Å². The third kappa shape index (κ3) is 5.41. The molecule has 1 aromatic carbocycles. The van der Waals surface area contributed by atoms with E-state index in [1.165, 1.54) is 49.9 Å². The van der Waals surface area contributed by atoms with Crippen molar-refractivity contribution in [3.63, 3.8) is 0 Å². The molecule has 0 atom stereocenters. The summed E-state index contributed by atoms with van der Waals surface area (Å²) in [5, 5.41) is 0. The molecule has 1 aliphatic heterocycles. The third-order valence-corrected chi connectivity index (χ3v) is 4.86. The fourth-order valence-electron chi connectivity index (χ4n) is 3.45. The molecule has 0 unspecified atom stereocenters. The van der Waals surface area contributed by atoms with Gasteiger partial charge in [-0.3, -0.25) is 0 Å². The SMILES string of the molecule is C(#CC1=CCCC=C1)CCN1CCC(Cc2ccccc2)CC1. The second-order valence-electron chi connectivity index (χ2n) is 6.67. The van der Waals surface area contributed by atoms with Crippen LogP contribution < -0.4 is 0 Å². The van der Waals surface area contributed by atoms with Gasteiger partial charge in [0.15, 0.2) is 0 Å². The van der Waals surface area contributed by atoms with Crippen molar-refractivity contribution in [3.8, 4) is 11.8 Å². The van der Waals surface area contributed by atoms with Gasteiger partial charge in [-0.05, 0) is 56.7 Å². The van der Waals surface area contributed by atoms with Gasteiger partial charge in [-0.1, -0.05) is 60.4 Å². The second-order valence-corrected chi connectivity index (χ2v) is 6.67. The highest BCUT2D eigenvalue weighted by atomic mass is 15.1. The molecule has 0 spiro atoms. The van der Waals surface area contributed by atoms with Crippen LogP contribution in [-0.2, 0) is 6.42 Å². The van der Waals surface area contributed by atoms with Gasteiger partial charge in [0, 0.05) is 18.5 Å². The Labute approximate surface area is 141 Å². The Bertz CT molecular complexity index is 592. The Morgan fingerprint density at radius 2 is 1.87 bits per heavy atom. The highest BCUT2D eigenvalue weighted by molar-refractivity contribution is 5.39. The number of likely N-dealkylation sites (tertiary alicyclic amines) is 1. The number of nitrogens with zero attached hydrogens (tertiary/aromatic N) is 1. The van der Waals surface area contributed by atoms with Gasteiger partial charge in [0.05, 0.1) is 0 Å². The zero-order chi connectivity index (χ0) is 15.7. The van der Waals surface area contributed by atoms with E-state index < -0.39 is 0 Å². The molecule has 1 aliphatic carbocycles. The minimum atomic E-state index is 0.859. The molecular weight excluding hydrogens is 278 g/mol. The molecule has 3 rings (SSSR count). The lowest BCUT2D eigenvalue weighted by atomic mass is 9.90. The second kappa shape index (κ2) is 8.75. The van der Waals surface area contributed by atoms with Crippen LogP contribution in [0.1, 0.15) is 37.7 Å². The van der Waals surface area contributed by atoms with Gasteiger partial charge in [0.2, 0.25) is 0 Å². The molecule has 2 aliphatic rings. The summed E-state index contributed by atoms with van der Waals surface area (Å²) in [5.74, 6) is 7.50. The summed E-state index contributed by atoms with van der Waals surface area (Å²) in [6.07, 6.45) is 13.9. The Kier molecular flexibility index (Phi) is 6.12. The molecule has 0 aromatic heterocycles. The number of hydrogen-bond acceptors (Lipinski definition) is 1. The molecular formula is C22H27N. The van der Waals surface area contributed by atoms with E-state index in [4.69, 9.17) is 0 Å². The van der Waals surface area contributed by atoms with Crippen LogP contribution in [-0.4, -0.2) is 24.5 Å². The van der Waals surface area contributed by atoms with Crippen LogP contribution in [0.3, 0.4) is 0 Å². The summed E-state index contributed by atoms with van der Waals surface area (Å²) in [7, 11) is 0. The first-order valence-electron chi connectivity index (χ1n) is 9.02. The quantitative estimate of drug-likeness (QED) is 0.734. The maximum absolute atomic E-state index is 3.34. The lowest BCUT2D eigenvalue weighted by Crippen LogP contribution is -2.34. The van der Waals surface area contributed by atoms with Crippen molar-refractivity contribution in [2.75, 3.05) is 19.6 Å². The van der Waals surface area contributed by atoms with E-state index in [0.29, 0.717) is 0 Å². The van der Waals surface area contributed by atoms with Gasteiger partial charge in [-0.2, -0.15) is 0 Å². The fraction of sp³-hybridized carbons (Fsp3) is 0.455. The molecule has 1 fully saturated rings. The summed E-state index contributed by atoms with van der Waals surface area (Å²) in [6, 6.07) is 10.9. The normalized spacial score (nSPS) is 19.0. The monoisotopic (exact) mass is 305 g/mol. The summed E-state index contributed by atoms with van der Waals surface area (Å²) in [4.78, 5) is 2.58. The van der Waals surface area contributed by atoms with Gasteiger partial charge in [0.25, 0.3) is 0 Å². The smallest absolute Gasteiger partial charge is 0.0220 e. The van der Waals surface area contributed by atoms with Crippen LogP contribution in [0.2, 0.25) is 0 Å². The Morgan fingerprint density at radius 3 is 2.61 bits per heavy atom. The van der Waals surface area contributed by atoms with Crippen LogP contribution in [0.5, 0.6) is 0 Å². The zero-order valence-corrected chi connectivity index (χ0v) is 14.0. The number of allylic oxidation sites excluding steroid dienone is 4. The first kappa shape index (κ1) is 16.1. The van der Waals surface area contributed by atoms with Crippen molar-refractivity contribution in [3.05, 3.63) is 59.7 Å². The number of hydrogen-bond donors (Lipinski definition) is 0. The fourth-order valence-corrected chi connectivity index (χ4v) is 3.45. The minimum absolute atomic E-state index is 0.859. The first-order chi connectivity index (χ1) is 11.4. The van der Waals surface area contributed by atoms with E-state index in [0.717, 1.165) is 25.3 Å². The van der Waals surface area contributed by atoms with Gasteiger partial charge >= 0.3 is 0 Å². The Hall–Kier alpha value is -1.78. The standard InChI is InChI=1S/C22H27N/c1-3-9-20(10-4-1)11-7-8-16-23-17-14-22(15-18-23)19-21-12-5-2-6-13-21/h2-3,5-6,9-10,12-13,22H,1,4,8,14-19H2. The predicted molar refractivity (Wildman–Crippen MR) is 98.2 cm³/mol. The lowest BCUT2D eigenvalue weighted by molar-refractivity contribution is 0.187. The average molecular weight is 305 g/mol. The summed E-state index contributed by atoms with van der Waals surface area (Å²) < 4.78 is 0. The van der Waals surface area contributed by atoms with Crippen molar-refractivity contribution < 1.29 is 0 Å². The molecule has 0 amide bonds. The molecule has 1 nitrogen and oxygen atoms in total. The average Bonchev–Trinajstić information content (AvgIpc) is 2.62. The van der Waals surface area contributed by atoms with Gasteiger partial charge in [-0.15, -0.1) is 0 Å². The van der Waals surface area contributed by atoms with Crippen molar-refractivity contribution in [2.45, 2.75) is 38.5 Å². The van der Waals surface area contributed by atoms with Crippen molar-refractivity contribution in [2.24, 2.45) is 5.92 Å². The van der Waals surface area contributed by atoms with Crippen LogP contribution in [0.4, 0.5) is 0 Å². The first-order valence-corrected chi connectivity index (χ1v) is 9.02. The highest BCUT2D eigenvalue weighted by Gasteiger charge is 2.18. The van der Waals surface area contributed by atoms with Crippen molar-refractivity contribution >= 4 is 0 Å². The largest absolute Gasteiger partial charge is 0.302 e. The Morgan fingerprint density at radius 1 is 1.04 bits per heavy atom. The van der Waals surface area contributed by atoms with Crippen molar-refractivity contribution in [1.29, 1.82) is 0 Å². The van der Waals surface area contributed by atoms with E-state index >= 15 is 0 Å². The number of piperidine rings is 1. The Balaban J connectivity index is 1.35. The lowest BCUT2D eigenvalue weighted by Gasteiger charge is -2.31. The van der Waals surface area contributed by atoms with Gasteiger partial charge in [0.1, 0.15) is 0 Å².